The largest absolute Gasteiger partial charge is 0.293 e. The highest BCUT2D eigenvalue weighted by Gasteiger charge is 2.21. The second-order valence-electron chi connectivity index (χ2n) is 5.99. The lowest BCUT2D eigenvalue weighted by Crippen LogP contribution is -2.11. The summed E-state index contributed by atoms with van der Waals surface area (Å²) in [7, 11) is 0. The molecule has 0 saturated carbocycles. The Morgan fingerprint density at radius 2 is 2.00 bits per heavy atom. The van der Waals surface area contributed by atoms with Crippen LogP contribution >= 0.6 is 35.0 Å². The highest BCUT2D eigenvalue weighted by Crippen LogP contribution is 2.32. The minimum absolute atomic E-state index is 0.104. The predicted molar refractivity (Wildman–Crippen MR) is 102 cm³/mol. The van der Waals surface area contributed by atoms with Crippen molar-refractivity contribution in [3.8, 4) is 6.07 Å². The van der Waals surface area contributed by atoms with Crippen LogP contribution in [0.15, 0.2) is 23.2 Å². The molecule has 3 rings (SSSR count). The molecule has 1 aromatic carbocycles. The van der Waals surface area contributed by atoms with E-state index >= 15 is 0 Å². The van der Waals surface area contributed by atoms with Gasteiger partial charge in [0.1, 0.15) is 11.1 Å². The van der Waals surface area contributed by atoms with Crippen molar-refractivity contribution in [3.63, 3.8) is 0 Å². The van der Waals surface area contributed by atoms with Crippen LogP contribution in [-0.4, -0.2) is 16.5 Å². The van der Waals surface area contributed by atoms with Gasteiger partial charge in [-0.3, -0.25) is 4.79 Å². The fraction of sp³-hybridized carbons (Fsp3) is 0.316. The Kier molecular flexibility index (Phi) is 5.68. The van der Waals surface area contributed by atoms with Crippen molar-refractivity contribution in [1.82, 2.24) is 4.98 Å². The van der Waals surface area contributed by atoms with Crippen LogP contribution in [0, 0.1) is 18.3 Å². The maximum Gasteiger partial charge on any atom is 0.174 e. The molecule has 0 saturated heterocycles. The lowest BCUT2D eigenvalue weighted by molar-refractivity contribution is 0.102. The van der Waals surface area contributed by atoms with Crippen LogP contribution in [0.5, 0.6) is 0 Å². The molecule has 1 aliphatic rings. The number of nitrogens with zero attached hydrogens (tertiary/aromatic N) is 2. The van der Waals surface area contributed by atoms with Gasteiger partial charge >= 0.3 is 0 Å². The predicted octanol–water partition coefficient (Wildman–Crippen LogP) is 5.42. The van der Waals surface area contributed by atoms with Crippen LogP contribution in [0.3, 0.4) is 0 Å². The SMILES string of the molecule is Cc1nc(SCC(=O)c2ccc(Cl)cc2Cl)c(C#N)c2c1CCCC2. The summed E-state index contributed by atoms with van der Waals surface area (Å²) in [6, 6.07) is 7.13. The number of fused-ring (bicyclic) bond motifs is 1. The van der Waals surface area contributed by atoms with Crippen LogP contribution in [-0.2, 0) is 12.8 Å². The van der Waals surface area contributed by atoms with Gasteiger partial charge in [-0.1, -0.05) is 35.0 Å². The molecule has 0 amide bonds. The summed E-state index contributed by atoms with van der Waals surface area (Å²) < 4.78 is 0. The first-order valence-electron chi connectivity index (χ1n) is 8.04. The van der Waals surface area contributed by atoms with E-state index in [4.69, 9.17) is 23.2 Å². The first-order valence-corrected chi connectivity index (χ1v) is 9.79. The molecule has 1 heterocycles. The van der Waals surface area contributed by atoms with Crippen LogP contribution in [0.4, 0.5) is 0 Å². The van der Waals surface area contributed by atoms with Gasteiger partial charge in [0.25, 0.3) is 0 Å². The number of aromatic nitrogens is 1. The summed E-state index contributed by atoms with van der Waals surface area (Å²) in [4.78, 5) is 17.1. The molecule has 0 N–H and O–H groups in total. The molecule has 3 nitrogen and oxygen atoms in total. The number of hydrogen-bond acceptors (Lipinski definition) is 4. The normalized spacial score (nSPS) is 13.2. The number of halogens is 2. The number of rotatable bonds is 4. The summed E-state index contributed by atoms with van der Waals surface area (Å²) in [5.74, 6) is 0.0779. The summed E-state index contributed by atoms with van der Waals surface area (Å²) in [5, 5.41) is 11.1. The molecule has 1 aliphatic carbocycles. The Labute approximate surface area is 161 Å². The monoisotopic (exact) mass is 390 g/mol. The zero-order chi connectivity index (χ0) is 18.0. The fourth-order valence-corrected chi connectivity index (χ4v) is 4.58. The van der Waals surface area contributed by atoms with E-state index < -0.39 is 0 Å². The molecule has 0 fully saturated rings. The number of nitriles is 1. The third-order valence-corrected chi connectivity index (χ3v) is 5.90. The first kappa shape index (κ1) is 18.3. The van der Waals surface area contributed by atoms with E-state index in [9.17, 15) is 10.1 Å². The van der Waals surface area contributed by atoms with Crippen molar-refractivity contribution < 1.29 is 4.79 Å². The van der Waals surface area contributed by atoms with Gasteiger partial charge in [0.05, 0.1) is 16.3 Å². The minimum atomic E-state index is -0.104. The standard InChI is InChI=1S/C19H16Cl2N2OS/c1-11-13-4-2-3-5-14(13)16(9-22)19(23-11)25-10-18(24)15-7-6-12(20)8-17(15)21/h6-8H,2-5,10H2,1H3. The number of carbonyl (C=O) groups is 1. The van der Waals surface area contributed by atoms with Gasteiger partial charge in [0.2, 0.25) is 0 Å². The van der Waals surface area contributed by atoms with Crippen molar-refractivity contribution in [2.24, 2.45) is 0 Å². The Morgan fingerprint density at radius 1 is 1.28 bits per heavy atom. The molecule has 0 unspecified atom stereocenters. The Hall–Kier alpha value is -1.54. The van der Waals surface area contributed by atoms with E-state index in [0.29, 0.717) is 26.2 Å². The molecule has 2 aromatic rings. The van der Waals surface area contributed by atoms with E-state index in [1.165, 1.54) is 17.3 Å². The minimum Gasteiger partial charge on any atom is -0.293 e. The highest BCUT2D eigenvalue weighted by molar-refractivity contribution is 8.00. The molecule has 0 radical (unpaired) electrons. The third kappa shape index (κ3) is 3.84. The molecule has 0 atom stereocenters. The van der Waals surface area contributed by atoms with Crippen molar-refractivity contribution in [2.45, 2.75) is 37.6 Å². The Bertz CT molecular complexity index is 890. The number of carbonyl (C=O) groups excluding carboxylic acids is 1. The van der Waals surface area contributed by atoms with Crippen molar-refractivity contribution in [2.75, 3.05) is 5.75 Å². The van der Waals surface area contributed by atoms with E-state index in [-0.39, 0.29) is 11.5 Å². The maximum atomic E-state index is 12.5. The van der Waals surface area contributed by atoms with Gasteiger partial charge in [0, 0.05) is 16.3 Å². The highest BCUT2D eigenvalue weighted by atomic mass is 35.5. The second kappa shape index (κ2) is 7.78. The third-order valence-electron chi connectivity index (χ3n) is 4.37. The molecular formula is C19H16Cl2N2OS. The average Bonchev–Trinajstić information content (AvgIpc) is 2.60. The molecule has 6 heteroatoms. The van der Waals surface area contributed by atoms with Crippen molar-refractivity contribution >= 4 is 40.7 Å². The molecule has 0 bridgehead atoms. The maximum absolute atomic E-state index is 12.5. The smallest absolute Gasteiger partial charge is 0.174 e. The van der Waals surface area contributed by atoms with Gasteiger partial charge in [-0.15, -0.1) is 0 Å². The molecule has 1 aromatic heterocycles. The lowest BCUT2D eigenvalue weighted by atomic mass is 9.88. The molecule has 128 valence electrons. The van der Waals surface area contributed by atoms with Gasteiger partial charge in [-0.2, -0.15) is 5.26 Å². The summed E-state index contributed by atoms with van der Waals surface area (Å²) in [5.41, 5.74) is 4.35. The van der Waals surface area contributed by atoms with Crippen molar-refractivity contribution in [1.29, 1.82) is 5.26 Å². The van der Waals surface area contributed by atoms with Crippen LogP contribution in [0.25, 0.3) is 0 Å². The number of benzene rings is 1. The zero-order valence-electron chi connectivity index (χ0n) is 13.7. The van der Waals surface area contributed by atoms with Gasteiger partial charge in [-0.05, 0) is 61.9 Å². The van der Waals surface area contributed by atoms with Crippen LogP contribution in [0.2, 0.25) is 10.0 Å². The summed E-state index contributed by atoms with van der Waals surface area (Å²) in [6.07, 6.45) is 4.12. The van der Waals surface area contributed by atoms with Crippen LogP contribution in [0.1, 0.15) is 45.6 Å². The van der Waals surface area contributed by atoms with E-state index in [1.54, 1.807) is 18.2 Å². The molecule has 25 heavy (non-hydrogen) atoms. The average molecular weight is 391 g/mol. The zero-order valence-corrected chi connectivity index (χ0v) is 16.1. The van der Waals surface area contributed by atoms with Crippen LogP contribution < -0.4 is 0 Å². The van der Waals surface area contributed by atoms with Crippen molar-refractivity contribution in [3.05, 3.63) is 56.2 Å². The number of ketones is 1. The van der Waals surface area contributed by atoms with E-state index in [0.717, 1.165) is 36.9 Å². The number of pyridine rings is 1. The number of hydrogen-bond donors (Lipinski definition) is 0. The fourth-order valence-electron chi connectivity index (χ4n) is 3.13. The second-order valence-corrected chi connectivity index (χ2v) is 7.80. The van der Waals surface area contributed by atoms with E-state index in [1.807, 2.05) is 6.92 Å². The summed E-state index contributed by atoms with van der Waals surface area (Å²) >= 11 is 13.3. The number of Topliss-reactive ketones (excluding diaryl/α,β-unsaturated/α-hetero) is 1. The molecular weight excluding hydrogens is 375 g/mol. The lowest BCUT2D eigenvalue weighted by Gasteiger charge is -2.20. The van der Waals surface area contributed by atoms with Gasteiger partial charge < -0.3 is 0 Å². The Balaban J connectivity index is 1.85. The number of thioether (sulfide) groups is 1. The molecule has 0 aliphatic heterocycles. The first-order chi connectivity index (χ1) is 12.0. The number of aryl methyl sites for hydroxylation is 1. The topological polar surface area (TPSA) is 53.8 Å². The molecule has 0 spiro atoms. The van der Waals surface area contributed by atoms with Gasteiger partial charge in [0.15, 0.2) is 5.78 Å². The summed E-state index contributed by atoms with van der Waals surface area (Å²) in [6.45, 7) is 1.98. The Morgan fingerprint density at radius 3 is 2.68 bits per heavy atom. The van der Waals surface area contributed by atoms with Gasteiger partial charge in [-0.25, -0.2) is 4.98 Å². The quantitative estimate of drug-likeness (QED) is 0.516. The van der Waals surface area contributed by atoms with E-state index in [2.05, 4.69) is 11.1 Å².